The molecule has 2 unspecified atom stereocenters. The summed E-state index contributed by atoms with van der Waals surface area (Å²) in [4.78, 5) is 4.02. The highest BCUT2D eigenvalue weighted by Gasteiger charge is 2.42. The van der Waals surface area contributed by atoms with Crippen LogP contribution in [0.25, 0.3) is 0 Å². The molecule has 3 rings (SSSR count). The van der Waals surface area contributed by atoms with Gasteiger partial charge >= 0.3 is 0 Å². The van der Waals surface area contributed by atoms with Crippen molar-refractivity contribution in [3.8, 4) is 0 Å². The summed E-state index contributed by atoms with van der Waals surface area (Å²) in [6.45, 7) is 0.540. The van der Waals surface area contributed by atoms with Gasteiger partial charge in [-0.1, -0.05) is 12.1 Å². The van der Waals surface area contributed by atoms with Gasteiger partial charge in [0.1, 0.15) is 11.9 Å². The zero-order valence-electron chi connectivity index (χ0n) is 14.4. The SMILES string of the molecule is CS(=O)(=O)OCC1COC(CCc2ccc(F)cc2)(Cn2ccnc2)O1. The summed E-state index contributed by atoms with van der Waals surface area (Å²) in [5, 5.41) is 0. The first-order valence-electron chi connectivity index (χ1n) is 8.20. The predicted octanol–water partition coefficient (Wildman–Crippen LogP) is 1.74. The van der Waals surface area contributed by atoms with Crippen molar-refractivity contribution in [2.75, 3.05) is 19.5 Å². The Kier molecular flexibility index (Phi) is 5.71. The molecular formula is C17H21FN2O5S. The highest BCUT2D eigenvalue weighted by atomic mass is 32.2. The van der Waals surface area contributed by atoms with Crippen LogP contribution in [0.15, 0.2) is 43.0 Å². The van der Waals surface area contributed by atoms with Crippen molar-refractivity contribution in [3.63, 3.8) is 0 Å². The van der Waals surface area contributed by atoms with Crippen LogP contribution in [0.5, 0.6) is 0 Å². The molecule has 0 spiro atoms. The number of aromatic nitrogens is 2. The van der Waals surface area contributed by atoms with E-state index in [-0.39, 0.29) is 19.0 Å². The zero-order chi connectivity index (χ0) is 18.6. The lowest BCUT2D eigenvalue weighted by Crippen LogP contribution is -2.37. The van der Waals surface area contributed by atoms with Gasteiger partial charge in [0, 0.05) is 18.8 Å². The lowest BCUT2D eigenvalue weighted by atomic mass is 10.0. The molecule has 1 aliphatic rings. The van der Waals surface area contributed by atoms with E-state index in [1.165, 1.54) is 12.1 Å². The molecule has 0 bridgehead atoms. The fourth-order valence-electron chi connectivity index (χ4n) is 2.84. The molecule has 1 fully saturated rings. The summed E-state index contributed by atoms with van der Waals surface area (Å²) in [7, 11) is -3.54. The lowest BCUT2D eigenvalue weighted by Gasteiger charge is -2.28. The molecule has 26 heavy (non-hydrogen) atoms. The fraction of sp³-hybridized carbons (Fsp3) is 0.471. The summed E-state index contributed by atoms with van der Waals surface area (Å²) in [5.41, 5.74) is 0.958. The van der Waals surface area contributed by atoms with Gasteiger partial charge < -0.3 is 14.0 Å². The minimum atomic E-state index is -3.54. The number of benzene rings is 1. The van der Waals surface area contributed by atoms with Gasteiger partial charge in [-0.3, -0.25) is 4.18 Å². The lowest BCUT2D eigenvalue weighted by molar-refractivity contribution is -0.184. The normalized spacial score (nSPS) is 23.4. The average molecular weight is 384 g/mol. The maximum atomic E-state index is 13.1. The number of rotatable bonds is 8. The van der Waals surface area contributed by atoms with E-state index in [0.717, 1.165) is 11.8 Å². The molecule has 0 amide bonds. The summed E-state index contributed by atoms with van der Waals surface area (Å²) >= 11 is 0. The van der Waals surface area contributed by atoms with Crippen molar-refractivity contribution in [3.05, 3.63) is 54.4 Å². The Balaban J connectivity index is 1.67. The van der Waals surface area contributed by atoms with Crippen LogP contribution in [-0.2, 0) is 36.7 Å². The Hall–Kier alpha value is -1.81. The smallest absolute Gasteiger partial charge is 0.264 e. The Morgan fingerprint density at radius 3 is 2.81 bits per heavy atom. The van der Waals surface area contributed by atoms with Gasteiger partial charge in [0.25, 0.3) is 10.1 Å². The van der Waals surface area contributed by atoms with E-state index in [0.29, 0.717) is 19.4 Å². The topological polar surface area (TPSA) is 79.7 Å². The van der Waals surface area contributed by atoms with E-state index in [1.54, 1.807) is 30.9 Å². The Labute approximate surface area is 151 Å². The molecule has 1 aliphatic heterocycles. The second kappa shape index (κ2) is 7.83. The zero-order valence-corrected chi connectivity index (χ0v) is 15.2. The first kappa shape index (κ1) is 19.0. The van der Waals surface area contributed by atoms with Crippen LogP contribution < -0.4 is 0 Å². The molecular weight excluding hydrogens is 363 g/mol. The molecule has 2 atom stereocenters. The van der Waals surface area contributed by atoms with Crippen molar-refractivity contribution in [1.29, 1.82) is 0 Å². The Morgan fingerprint density at radius 1 is 1.38 bits per heavy atom. The third-order valence-corrected chi connectivity index (χ3v) is 4.64. The number of nitrogens with zero attached hydrogens (tertiary/aromatic N) is 2. The van der Waals surface area contributed by atoms with E-state index < -0.39 is 22.0 Å². The second-order valence-electron chi connectivity index (χ2n) is 6.31. The maximum Gasteiger partial charge on any atom is 0.264 e. The molecule has 9 heteroatoms. The monoisotopic (exact) mass is 384 g/mol. The molecule has 2 aromatic rings. The summed E-state index contributed by atoms with van der Waals surface area (Å²) in [6.07, 6.45) is 6.77. The van der Waals surface area contributed by atoms with E-state index in [9.17, 15) is 12.8 Å². The highest BCUT2D eigenvalue weighted by molar-refractivity contribution is 7.85. The standard InChI is InChI=1S/C17H21FN2O5S/c1-26(21,22)24-11-16-10-23-17(25-16,12-20-9-8-19-13-20)7-6-14-2-4-15(18)5-3-14/h2-5,8-9,13,16H,6-7,10-12H2,1H3. The number of halogens is 1. The van der Waals surface area contributed by atoms with Crippen LogP contribution in [0.4, 0.5) is 4.39 Å². The van der Waals surface area contributed by atoms with Gasteiger partial charge in [0.15, 0.2) is 5.79 Å². The average Bonchev–Trinajstić information content (AvgIpc) is 3.23. The molecule has 0 N–H and O–H groups in total. The first-order valence-corrected chi connectivity index (χ1v) is 10.0. The number of aryl methyl sites for hydroxylation is 1. The van der Waals surface area contributed by atoms with Crippen LogP contribution >= 0.6 is 0 Å². The second-order valence-corrected chi connectivity index (χ2v) is 7.96. The predicted molar refractivity (Wildman–Crippen MR) is 91.3 cm³/mol. The van der Waals surface area contributed by atoms with Crippen LogP contribution in [-0.4, -0.2) is 49.3 Å². The van der Waals surface area contributed by atoms with Gasteiger partial charge in [0.2, 0.25) is 0 Å². The molecule has 0 aliphatic carbocycles. The van der Waals surface area contributed by atoms with Crippen LogP contribution in [0.2, 0.25) is 0 Å². The maximum absolute atomic E-state index is 13.1. The van der Waals surface area contributed by atoms with Crippen molar-refractivity contribution >= 4 is 10.1 Å². The molecule has 142 valence electrons. The van der Waals surface area contributed by atoms with E-state index in [4.69, 9.17) is 13.7 Å². The molecule has 0 saturated carbocycles. The molecule has 7 nitrogen and oxygen atoms in total. The number of hydrogen-bond acceptors (Lipinski definition) is 6. The van der Waals surface area contributed by atoms with Crippen molar-refractivity contribution in [1.82, 2.24) is 9.55 Å². The van der Waals surface area contributed by atoms with Crippen LogP contribution in [0.3, 0.4) is 0 Å². The Bertz CT molecular complexity index is 810. The summed E-state index contributed by atoms with van der Waals surface area (Å²) in [5.74, 6) is -1.21. The third kappa shape index (κ3) is 5.34. The van der Waals surface area contributed by atoms with E-state index >= 15 is 0 Å². The minimum Gasteiger partial charge on any atom is -0.345 e. The van der Waals surface area contributed by atoms with E-state index in [2.05, 4.69) is 4.98 Å². The van der Waals surface area contributed by atoms with Crippen molar-refractivity contribution < 1.29 is 26.5 Å². The molecule has 0 radical (unpaired) electrons. The minimum absolute atomic E-state index is 0.0962. The van der Waals surface area contributed by atoms with Gasteiger partial charge in [-0.25, -0.2) is 9.37 Å². The van der Waals surface area contributed by atoms with Gasteiger partial charge in [-0.2, -0.15) is 8.42 Å². The van der Waals surface area contributed by atoms with Crippen molar-refractivity contribution in [2.24, 2.45) is 0 Å². The van der Waals surface area contributed by atoms with Crippen LogP contribution in [0, 0.1) is 5.82 Å². The molecule has 1 aromatic heterocycles. The number of ether oxygens (including phenoxy) is 2. The van der Waals surface area contributed by atoms with E-state index in [1.807, 2.05) is 4.57 Å². The summed E-state index contributed by atoms with van der Waals surface area (Å²) < 4.78 is 54.0. The van der Waals surface area contributed by atoms with Gasteiger partial charge in [0.05, 0.1) is 32.3 Å². The number of hydrogen-bond donors (Lipinski definition) is 0. The summed E-state index contributed by atoms with van der Waals surface area (Å²) in [6, 6.07) is 6.27. The Morgan fingerprint density at radius 2 is 2.15 bits per heavy atom. The molecule has 1 saturated heterocycles. The molecule has 2 heterocycles. The van der Waals surface area contributed by atoms with Gasteiger partial charge in [-0.05, 0) is 24.1 Å². The molecule has 1 aromatic carbocycles. The van der Waals surface area contributed by atoms with Crippen LogP contribution in [0.1, 0.15) is 12.0 Å². The quantitative estimate of drug-likeness (QED) is 0.645. The highest BCUT2D eigenvalue weighted by Crippen LogP contribution is 2.31. The number of imidazole rings is 1. The largest absolute Gasteiger partial charge is 0.345 e. The first-order chi connectivity index (χ1) is 12.3. The van der Waals surface area contributed by atoms with Crippen molar-refractivity contribution in [2.45, 2.75) is 31.3 Å². The third-order valence-electron chi connectivity index (χ3n) is 4.07. The fourth-order valence-corrected chi connectivity index (χ4v) is 3.23. The van der Waals surface area contributed by atoms with Gasteiger partial charge in [-0.15, -0.1) is 0 Å².